The molecule has 5 nitrogen and oxygen atoms in total. The van der Waals surface area contributed by atoms with Gasteiger partial charge in [0.25, 0.3) is 5.91 Å². The molecule has 7 heteroatoms. The van der Waals surface area contributed by atoms with Crippen molar-refractivity contribution in [1.29, 1.82) is 0 Å². The molecule has 0 saturated carbocycles. The molecule has 0 atom stereocenters. The highest BCUT2D eigenvalue weighted by Gasteiger charge is 2.28. The number of allylic oxidation sites excluding steroid dienone is 1. The smallest absolute Gasteiger partial charge is 0.341 e. The Labute approximate surface area is 226 Å². The molecule has 0 radical (unpaired) electrons. The molecule has 2 heterocycles. The summed E-state index contributed by atoms with van der Waals surface area (Å²) in [6, 6.07) is 13.6. The number of amides is 1. The number of carbonyl (C=O) groups is 2. The van der Waals surface area contributed by atoms with Crippen molar-refractivity contribution in [3.05, 3.63) is 87.4 Å². The van der Waals surface area contributed by atoms with Crippen LogP contribution in [0.5, 0.6) is 0 Å². The van der Waals surface area contributed by atoms with Crippen LogP contribution in [0, 0.1) is 13.8 Å². The molecule has 0 fully saturated rings. The molecule has 2 aromatic carbocycles. The van der Waals surface area contributed by atoms with E-state index in [0.29, 0.717) is 33.7 Å². The lowest BCUT2D eigenvalue weighted by atomic mass is 10.0. The Bertz CT molecular complexity index is 1500. The average Bonchev–Trinajstić information content (AvgIpc) is 3.33. The lowest BCUT2D eigenvalue weighted by Crippen LogP contribution is -2.19. The topological polar surface area (TPSA) is 60.3 Å². The summed E-state index contributed by atoms with van der Waals surface area (Å²) in [5.41, 5.74) is 5.54. The van der Waals surface area contributed by atoms with Crippen LogP contribution in [-0.4, -0.2) is 23.1 Å². The van der Waals surface area contributed by atoms with Crippen molar-refractivity contribution < 1.29 is 14.3 Å². The number of rotatable bonds is 8. The molecule has 192 valence electrons. The van der Waals surface area contributed by atoms with Gasteiger partial charge in [0.1, 0.15) is 16.3 Å². The highest BCUT2D eigenvalue weighted by Crippen LogP contribution is 2.41. The van der Waals surface area contributed by atoms with Gasteiger partial charge in [-0.05, 0) is 67.6 Å². The van der Waals surface area contributed by atoms with Crippen LogP contribution in [0.25, 0.3) is 22.0 Å². The minimum absolute atomic E-state index is 0.228. The van der Waals surface area contributed by atoms with E-state index in [1.165, 1.54) is 16.9 Å². The van der Waals surface area contributed by atoms with E-state index in [4.69, 9.17) is 16.3 Å². The van der Waals surface area contributed by atoms with Gasteiger partial charge >= 0.3 is 5.97 Å². The fraction of sp³-hybridized carbons (Fsp3) is 0.267. The first-order chi connectivity index (χ1) is 17.7. The first-order valence-corrected chi connectivity index (χ1v) is 13.5. The molecule has 37 heavy (non-hydrogen) atoms. The molecule has 0 unspecified atom stereocenters. The van der Waals surface area contributed by atoms with Gasteiger partial charge in [-0.2, -0.15) is 0 Å². The van der Waals surface area contributed by atoms with E-state index in [1.54, 1.807) is 25.1 Å². The standard InChI is InChI=1S/C30H31ClN2O3S/c1-7-15-33-24-14-11-21(17(3)4)16-23(24)18(5)27(33)28(34)32-29-26(30(35)36-8-2)25(19(6)37-29)20-9-12-22(31)13-10-20/h7,9-14,16-17H,1,8,15H2,2-6H3,(H,32,34). The van der Waals surface area contributed by atoms with Gasteiger partial charge < -0.3 is 14.6 Å². The van der Waals surface area contributed by atoms with Crippen molar-refractivity contribution in [1.82, 2.24) is 4.57 Å². The van der Waals surface area contributed by atoms with E-state index < -0.39 is 5.97 Å². The van der Waals surface area contributed by atoms with Crippen molar-refractivity contribution in [2.24, 2.45) is 0 Å². The van der Waals surface area contributed by atoms with Crippen LogP contribution in [0.4, 0.5) is 5.00 Å². The summed E-state index contributed by atoms with van der Waals surface area (Å²) in [4.78, 5) is 27.8. The quantitative estimate of drug-likeness (QED) is 0.182. The fourth-order valence-electron chi connectivity index (χ4n) is 4.67. The largest absolute Gasteiger partial charge is 0.462 e. The Kier molecular flexibility index (Phi) is 7.90. The van der Waals surface area contributed by atoms with Crippen LogP contribution < -0.4 is 5.32 Å². The van der Waals surface area contributed by atoms with E-state index in [9.17, 15) is 9.59 Å². The summed E-state index contributed by atoms with van der Waals surface area (Å²) in [5.74, 6) is -0.385. The Morgan fingerprint density at radius 1 is 1.16 bits per heavy atom. The number of nitrogens with one attached hydrogen (secondary N) is 1. The third-order valence-electron chi connectivity index (χ3n) is 6.46. The molecule has 0 bridgehead atoms. The summed E-state index contributed by atoms with van der Waals surface area (Å²) >= 11 is 7.45. The molecular weight excluding hydrogens is 504 g/mol. The van der Waals surface area contributed by atoms with E-state index in [1.807, 2.05) is 30.5 Å². The number of anilines is 1. The fourth-order valence-corrected chi connectivity index (χ4v) is 5.85. The van der Waals surface area contributed by atoms with Crippen LogP contribution in [-0.2, 0) is 11.3 Å². The number of hydrogen-bond donors (Lipinski definition) is 1. The second-order valence-electron chi connectivity index (χ2n) is 9.22. The van der Waals surface area contributed by atoms with Crippen molar-refractivity contribution in [3.8, 4) is 11.1 Å². The molecule has 4 rings (SSSR count). The predicted molar refractivity (Wildman–Crippen MR) is 154 cm³/mol. The van der Waals surface area contributed by atoms with Gasteiger partial charge in [-0.3, -0.25) is 4.79 Å². The first-order valence-electron chi connectivity index (χ1n) is 12.3. The summed E-state index contributed by atoms with van der Waals surface area (Å²) in [5, 5.41) is 5.15. The SMILES string of the molecule is C=CCn1c(C(=O)Nc2sc(C)c(-c3ccc(Cl)cc3)c2C(=O)OCC)c(C)c2cc(C(C)C)ccc21. The van der Waals surface area contributed by atoms with Crippen molar-refractivity contribution in [3.63, 3.8) is 0 Å². The minimum Gasteiger partial charge on any atom is -0.462 e. The van der Waals surface area contributed by atoms with Crippen molar-refractivity contribution in [2.45, 2.75) is 47.1 Å². The summed E-state index contributed by atoms with van der Waals surface area (Å²) in [6.45, 7) is 14.6. The number of aromatic nitrogens is 1. The van der Waals surface area contributed by atoms with E-state index in [-0.39, 0.29) is 12.5 Å². The highest BCUT2D eigenvalue weighted by atomic mass is 35.5. The number of fused-ring (bicyclic) bond motifs is 1. The molecule has 2 aromatic heterocycles. The number of ether oxygens (including phenoxy) is 1. The van der Waals surface area contributed by atoms with Gasteiger partial charge in [0.2, 0.25) is 0 Å². The molecule has 0 aliphatic rings. The number of halogens is 1. The lowest BCUT2D eigenvalue weighted by molar-refractivity contribution is 0.0529. The molecule has 0 spiro atoms. The third kappa shape index (κ3) is 5.09. The highest BCUT2D eigenvalue weighted by molar-refractivity contribution is 7.17. The van der Waals surface area contributed by atoms with Crippen molar-refractivity contribution >= 4 is 50.7 Å². The number of hydrogen-bond acceptors (Lipinski definition) is 4. The van der Waals surface area contributed by atoms with E-state index in [0.717, 1.165) is 32.5 Å². The normalized spacial score (nSPS) is 11.2. The summed E-state index contributed by atoms with van der Waals surface area (Å²) in [7, 11) is 0. The van der Waals surface area contributed by atoms with Crippen LogP contribution in [0.15, 0.2) is 55.1 Å². The van der Waals surface area contributed by atoms with Gasteiger partial charge in [-0.1, -0.05) is 49.7 Å². The first kappa shape index (κ1) is 26.7. The van der Waals surface area contributed by atoms with Gasteiger partial charge in [-0.25, -0.2) is 4.79 Å². The maximum atomic E-state index is 13.8. The zero-order valence-electron chi connectivity index (χ0n) is 21.8. The summed E-state index contributed by atoms with van der Waals surface area (Å²) < 4.78 is 7.37. The molecular formula is C30H31ClN2O3S. The zero-order chi connectivity index (χ0) is 26.9. The Morgan fingerprint density at radius 3 is 2.49 bits per heavy atom. The van der Waals surface area contributed by atoms with Crippen LogP contribution in [0.1, 0.15) is 63.5 Å². The molecule has 1 N–H and O–H groups in total. The predicted octanol–water partition coefficient (Wildman–Crippen LogP) is 8.38. The second kappa shape index (κ2) is 11.0. The van der Waals surface area contributed by atoms with Gasteiger partial charge in [-0.15, -0.1) is 17.9 Å². The molecule has 0 aliphatic heterocycles. The molecule has 4 aromatic rings. The van der Waals surface area contributed by atoms with E-state index >= 15 is 0 Å². The average molecular weight is 535 g/mol. The van der Waals surface area contributed by atoms with Crippen LogP contribution in [0.2, 0.25) is 5.02 Å². The Morgan fingerprint density at radius 2 is 1.86 bits per heavy atom. The molecule has 0 aliphatic carbocycles. The zero-order valence-corrected chi connectivity index (χ0v) is 23.3. The second-order valence-corrected chi connectivity index (χ2v) is 10.9. The number of benzene rings is 2. The Hall–Kier alpha value is -3.35. The van der Waals surface area contributed by atoms with Gasteiger partial charge in [0.15, 0.2) is 0 Å². The van der Waals surface area contributed by atoms with Gasteiger partial charge in [0.05, 0.1) is 6.61 Å². The number of aryl methyl sites for hydroxylation is 2. The van der Waals surface area contributed by atoms with Crippen LogP contribution >= 0.6 is 22.9 Å². The summed E-state index contributed by atoms with van der Waals surface area (Å²) in [6.07, 6.45) is 1.78. The number of esters is 1. The maximum absolute atomic E-state index is 13.8. The van der Waals surface area contributed by atoms with Gasteiger partial charge in [0, 0.05) is 32.9 Å². The van der Waals surface area contributed by atoms with E-state index in [2.05, 4.69) is 43.9 Å². The molecule has 0 saturated heterocycles. The number of carbonyl (C=O) groups excluding carboxylic acids is 2. The molecule has 1 amide bonds. The third-order valence-corrected chi connectivity index (χ3v) is 7.73. The number of nitrogens with zero attached hydrogens (tertiary/aromatic N) is 1. The van der Waals surface area contributed by atoms with Crippen molar-refractivity contribution in [2.75, 3.05) is 11.9 Å². The lowest BCUT2D eigenvalue weighted by Gasteiger charge is -2.12. The van der Waals surface area contributed by atoms with Crippen LogP contribution in [0.3, 0.4) is 0 Å². The maximum Gasteiger partial charge on any atom is 0.341 e. The monoisotopic (exact) mass is 534 g/mol. The number of thiophene rings is 1. The Balaban J connectivity index is 1.84. The minimum atomic E-state index is -0.475.